The average Bonchev–Trinajstić information content (AvgIpc) is 2.63. The minimum Gasteiger partial charge on any atom is -0.376 e. The monoisotopic (exact) mass is 368 g/mol. The maximum atomic E-state index is 14.0. The Hall–Kier alpha value is -1.27. The summed E-state index contributed by atoms with van der Waals surface area (Å²) >= 11 is 0. The number of likely N-dealkylation sites (tertiary alicyclic amines) is 1. The van der Waals surface area contributed by atoms with Crippen molar-refractivity contribution in [3.05, 3.63) is 23.6 Å². The third-order valence-corrected chi connectivity index (χ3v) is 6.04. The van der Waals surface area contributed by atoms with Gasteiger partial charge in [-0.05, 0) is 50.0 Å². The van der Waals surface area contributed by atoms with Crippen LogP contribution in [0.4, 0.5) is 8.78 Å². The number of allylic oxidation sites excluding steroid dienone is 4. The van der Waals surface area contributed by atoms with Gasteiger partial charge in [0.1, 0.15) is 5.83 Å². The van der Waals surface area contributed by atoms with Crippen LogP contribution in [0, 0.1) is 5.92 Å². The molecule has 3 rings (SSSR count). The SMILES string of the molecule is CC(=O)N1CCCC(N)[C@@H]1CO[C@H]1CC[C@@H](C2=C(F)C(F)CC=C2)CC1. The molecule has 2 unspecified atom stereocenters. The molecule has 0 aromatic heterocycles. The van der Waals surface area contributed by atoms with E-state index >= 15 is 0 Å². The topological polar surface area (TPSA) is 55.6 Å². The van der Waals surface area contributed by atoms with Crippen LogP contribution >= 0.6 is 0 Å². The number of hydrogen-bond acceptors (Lipinski definition) is 3. The number of carbonyl (C=O) groups excluding carboxylic acids is 1. The highest BCUT2D eigenvalue weighted by Gasteiger charge is 2.33. The average molecular weight is 368 g/mol. The van der Waals surface area contributed by atoms with Crippen molar-refractivity contribution < 1.29 is 18.3 Å². The van der Waals surface area contributed by atoms with Gasteiger partial charge in [0, 0.05) is 25.9 Å². The van der Waals surface area contributed by atoms with E-state index in [-0.39, 0.29) is 36.4 Å². The van der Waals surface area contributed by atoms with Crippen LogP contribution in [0.2, 0.25) is 0 Å². The molecule has 0 radical (unpaired) electrons. The fourth-order valence-electron chi connectivity index (χ4n) is 4.48. The predicted molar refractivity (Wildman–Crippen MR) is 96.9 cm³/mol. The van der Waals surface area contributed by atoms with Gasteiger partial charge in [0.05, 0.1) is 18.8 Å². The molecule has 1 saturated heterocycles. The van der Waals surface area contributed by atoms with Gasteiger partial charge in [0.25, 0.3) is 0 Å². The van der Waals surface area contributed by atoms with Crippen LogP contribution in [-0.4, -0.2) is 48.3 Å². The molecular formula is C20H30F2N2O2. The number of nitrogens with two attached hydrogens (primary N) is 1. The van der Waals surface area contributed by atoms with E-state index in [1.54, 1.807) is 19.1 Å². The van der Waals surface area contributed by atoms with Crippen molar-refractivity contribution in [2.75, 3.05) is 13.2 Å². The van der Waals surface area contributed by atoms with E-state index in [4.69, 9.17) is 10.5 Å². The number of carbonyl (C=O) groups is 1. The van der Waals surface area contributed by atoms with Gasteiger partial charge in [0.15, 0.2) is 6.17 Å². The van der Waals surface area contributed by atoms with E-state index in [2.05, 4.69) is 0 Å². The molecule has 3 aliphatic rings. The first kappa shape index (κ1) is 19.5. The van der Waals surface area contributed by atoms with Crippen LogP contribution in [0.1, 0.15) is 51.9 Å². The van der Waals surface area contributed by atoms with E-state index < -0.39 is 12.0 Å². The van der Waals surface area contributed by atoms with E-state index in [0.29, 0.717) is 12.2 Å². The Morgan fingerprint density at radius 3 is 2.73 bits per heavy atom. The van der Waals surface area contributed by atoms with Crippen LogP contribution < -0.4 is 5.73 Å². The number of hydrogen-bond donors (Lipinski definition) is 1. The molecule has 2 aliphatic carbocycles. The fraction of sp³-hybridized carbons (Fsp3) is 0.750. The number of alkyl halides is 1. The second kappa shape index (κ2) is 8.61. The minimum absolute atomic E-state index is 0.0443. The van der Waals surface area contributed by atoms with Gasteiger partial charge in [-0.3, -0.25) is 4.79 Å². The van der Waals surface area contributed by atoms with Gasteiger partial charge in [-0.1, -0.05) is 12.2 Å². The summed E-state index contributed by atoms with van der Waals surface area (Å²) in [6.07, 6.45) is 7.36. The summed E-state index contributed by atoms with van der Waals surface area (Å²) in [7, 11) is 0. The first-order valence-electron chi connectivity index (χ1n) is 9.82. The molecule has 1 saturated carbocycles. The Balaban J connectivity index is 1.50. The van der Waals surface area contributed by atoms with Crippen LogP contribution in [0.15, 0.2) is 23.6 Å². The largest absolute Gasteiger partial charge is 0.376 e. The molecule has 4 nitrogen and oxygen atoms in total. The number of amides is 1. The zero-order chi connectivity index (χ0) is 18.7. The number of ether oxygens (including phenoxy) is 1. The van der Waals surface area contributed by atoms with Gasteiger partial charge < -0.3 is 15.4 Å². The highest BCUT2D eigenvalue weighted by Crippen LogP contribution is 2.37. The van der Waals surface area contributed by atoms with Crippen molar-refractivity contribution in [1.29, 1.82) is 0 Å². The summed E-state index contributed by atoms with van der Waals surface area (Å²) in [5.41, 5.74) is 6.75. The summed E-state index contributed by atoms with van der Waals surface area (Å²) in [5, 5.41) is 0. The van der Waals surface area contributed by atoms with E-state index in [0.717, 1.165) is 45.1 Å². The second-order valence-electron chi connectivity index (χ2n) is 7.80. The zero-order valence-electron chi connectivity index (χ0n) is 15.5. The normalized spacial score (nSPS) is 35.7. The van der Waals surface area contributed by atoms with Gasteiger partial charge in [0.2, 0.25) is 5.91 Å². The van der Waals surface area contributed by atoms with Crippen LogP contribution in [0.3, 0.4) is 0 Å². The lowest BCUT2D eigenvalue weighted by Crippen LogP contribution is -2.56. The predicted octanol–water partition coefficient (Wildman–Crippen LogP) is 3.42. The van der Waals surface area contributed by atoms with Gasteiger partial charge in [-0.25, -0.2) is 8.78 Å². The van der Waals surface area contributed by atoms with Crippen molar-refractivity contribution in [2.45, 2.75) is 76.2 Å². The Labute approximate surface area is 154 Å². The Morgan fingerprint density at radius 1 is 1.31 bits per heavy atom. The minimum atomic E-state index is -1.48. The fourth-order valence-corrected chi connectivity index (χ4v) is 4.48. The second-order valence-corrected chi connectivity index (χ2v) is 7.80. The molecule has 0 aromatic carbocycles. The standard InChI is InChI=1S/C20H30F2N2O2/c1-13(25)24-11-3-6-18(23)19(24)12-26-15-9-7-14(8-10-15)16-4-2-5-17(21)20(16)22/h2,4,14-15,17-19H,3,5-12,23H2,1H3/t14-,15+,17?,18?,19-/m0/s1. The number of nitrogens with zero attached hydrogens (tertiary/aromatic N) is 1. The Kier molecular flexibility index (Phi) is 6.46. The number of rotatable bonds is 4. The maximum Gasteiger partial charge on any atom is 0.219 e. The lowest BCUT2D eigenvalue weighted by Gasteiger charge is -2.40. The van der Waals surface area contributed by atoms with Crippen LogP contribution in [0.5, 0.6) is 0 Å². The highest BCUT2D eigenvalue weighted by molar-refractivity contribution is 5.73. The van der Waals surface area contributed by atoms with Gasteiger partial charge >= 0.3 is 0 Å². The summed E-state index contributed by atoms with van der Waals surface area (Å²) in [6.45, 7) is 2.78. The molecule has 1 heterocycles. The summed E-state index contributed by atoms with van der Waals surface area (Å²) in [6, 6.07) is -0.107. The van der Waals surface area contributed by atoms with E-state index in [9.17, 15) is 13.6 Å². The van der Waals surface area contributed by atoms with Crippen molar-refractivity contribution in [1.82, 2.24) is 4.90 Å². The molecule has 1 amide bonds. The van der Waals surface area contributed by atoms with E-state index in [1.807, 2.05) is 4.90 Å². The number of piperidine rings is 1. The quantitative estimate of drug-likeness (QED) is 0.827. The van der Waals surface area contributed by atoms with Crippen LogP contribution in [0.25, 0.3) is 0 Å². The molecular weight excluding hydrogens is 338 g/mol. The van der Waals surface area contributed by atoms with Gasteiger partial charge in [-0.15, -0.1) is 0 Å². The van der Waals surface area contributed by atoms with Crippen LogP contribution in [-0.2, 0) is 9.53 Å². The molecule has 146 valence electrons. The first-order valence-corrected chi connectivity index (χ1v) is 9.82. The van der Waals surface area contributed by atoms with Crippen molar-refractivity contribution >= 4 is 5.91 Å². The smallest absolute Gasteiger partial charge is 0.219 e. The maximum absolute atomic E-state index is 14.0. The van der Waals surface area contributed by atoms with Crippen molar-refractivity contribution in [3.63, 3.8) is 0 Å². The zero-order valence-corrected chi connectivity index (χ0v) is 15.5. The summed E-state index contributed by atoms with van der Waals surface area (Å²) in [4.78, 5) is 13.6. The Bertz CT molecular complexity index is 570. The molecule has 2 fully saturated rings. The molecule has 6 heteroatoms. The number of halogens is 2. The molecule has 0 spiro atoms. The van der Waals surface area contributed by atoms with E-state index in [1.165, 1.54) is 0 Å². The molecule has 2 N–H and O–H groups in total. The molecule has 1 aliphatic heterocycles. The summed E-state index contributed by atoms with van der Waals surface area (Å²) in [5.74, 6) is -0.456. The van der Waals surface area contributed by atoms with Gasteiger partial charge in [-0.2, -0.15) is 0 Å². The lowest BCUT2D eigenvalue weighted by molar-refractivity contribution is -0.135. The lowest BCUT2D eigenvalue weighted by atomic mass is 9.80. The Morgan fingerprint density at radius 2 is 2.04 bits per heavy atom. The summed E-state index contributed by atoms with van der Waals surface area (Å²) < 4.78 is 33.7. The molecule has 0 aromatic rings. The van der Waals surface area contributed by atoms with Crippen molar-refractivity contribution in [3.8, 4) is 0 Å². The third kappa shape index (κ3) is 4.34. The first-order chi connectivity index (χ1) is 12.5. The molecule has 26 heavy (non-hydrogen) atoms. The molecule has 3 atom stereocenters. The molecule has 0 bridgehead atoms. The van der Waals surface area contributed by atoms with Crippen molar-refractivity contribution in [2.24, 2.45) is 11.7 Å². The highest BCUT2D eigenvalue weighted by atomic mass is 19.2. The third-order valence-electron chi connectivity index (χ3n) is 6.04.